The Labute approximate surface area is 400 Å². The molecule has 0 radical (unpaired) electrons. The number of allylic oxidation sites excluding steroid dienone is 16. The number of carbonyl (C=O) groups excluding carboxylic acids is 3. The molecule has 0 rings (SSSR count). The van der Waals surface area contributed by atoms with Crippen LogP contribution in [0, 0.1) is 0 Å². The molecule has 0 aliphatic rings. The van der Waals surface area contributed by atoms with Gasteiger partial charge < -0.3 is 14.2 Å². The van der Waals surface area contributed by atoms with Gasteiger partial charge in [0.15, 0.2) is 6.10 Å². The summed E-state index contributed by atoms with van der Waals surface area (Å²) in [6.45, 7) is 6.39. The van der Waals surface area contributed by atoms with Crippen molar-refractivity contribution < 1.29 is 28.6 Å². The number of rotatable bonds is 47. The topological polar surface area (TPSA) is 78.9 Å². The first-order valence-corrected chi connectivity index (χ1v) is 26.7. The van der Waals surface area contributed by atoms with E-state index in [1.165, 1.54) is 51.4 Å². The Morgan fingerprint density at radius 1 is 0.323 bits per heavy atom. The van der Waals surface area contributed by atoms with Crippen molar-refractivity contribution in [2.45, 2.75) is 245 Å². The van der Waals surface area contributed by atoms with Crippen molar-refractivity contribution in [2.24, 2.45) is 0 Å². The highest BCUT2D eigenvalue weighted by Gasteiger charge is 2.19. The zero-order valence-electron chi connectivity index (χ0n) is 42.2. The Morgan fingerprint density at radius 3 is 0.938 bits per heavy atom. The normalized spacial score (nSPS) is 12.8. The molecule has 0 spiro atoms. The highest BCUT2D eigenvalue weighted by atomic mass is 16.6. The monoisotopic (exact) mass is 903 g/mol. The molecule has 0 aliphatic heterocycles. The first-order chi connectivity index (χ1) is 32.0. The summed E-state index contributed by atoms with van der Waals surface area (Å²) in [6, 6.07) is 0. The predicted molar refractivity (Wildman–Crippen MR) is 279 cm³/mol. The molecule has 6 nitrogen and oxygen atoms in total. The van der Waals surface area contributed by atoms with E-state index in [-0.39, 0.29) is 31.1 Å². The van der Waals surface area contributed by atoms with Crippen LogP contribution in [0.15, 0.2) is 97.2 Å². The Bertz CT molecular complexity index is 1310. The van der Waals surface area contributed by atoms with Crippen molar-refractivity contribution in [3.8, 4) is 0 Å². The average Bonchev–Trinajstić information content (AvgIpc) is 3.30. The van der Waals surface area contributed by atoms with Gasteiger partial charge in [-0.05, 0) is 103 Å². The molecule has 0 saturated heterocycles. The van der Waals surface area contributed by atoms with Crippen LogP contribution < -0.4 is 0 Å². The maximum atomic E-state index is 12.8. The fraction of sp³-hybridized carbons (Fsp3) is 0.678. The van der Waals surface area contributed by atoms with E-state index in [0.29, 0.717) is 19.3 Å². The lowest BCUT2D eigenvalue weighted by Crippen LogP contribution is -2.30. The molecule has 65 heavy (non-hydrogen) atoms. The van der Waals surface area contributed by atoms with Crippen LogP contribution in [0.2, 0.25) is 0 Å². The van der Waals surface area contributed by atoms with Crippen molar-refractivity contribution in [2.75, 3.05) is 13.2 Å². The second-order valence-electron chi connectivity index (χ2n) is 17.4. The molecule has 0 N–H and O–H groups in total. The molecule has 0 aromatic carbocycles. The number of hydrogen-bond acceptors (Lipinski definition) is 6. The van der Waals surface area contributed by atoms with E-state index >= 15 is 0 Å². The van der Waals surface area contributed by atoms with E-state index in [0.717, 1.165) is 148 Å². The number of hydrogen-bond donors (Lipinski definition) is 0. The van der Waals surface area contributed by atoms with Gasteiger partial charge in [-0.25, -0.2) is 0 Å². The van der Waals surface area contributed by atoms with Crippen LogP contribution in [-0.4, -0.2) is 37.2 Å². The number of carbonyl (C=O) groups is 3. The van der Waals surface area contributed by atoms with Gasteiger partial charge in [0.25, 0.3) is 0 Å². The minimum absolute atomic E-state index is 0.0912. The van der Waals surface area contributed by atoms with Crippen molar-refractivity contribution in [3.63, 3.8) is 0 Å². The standard InChI is InChI=1S/C59H98O6/c1-4-7-10-13-15-17-19-21-23-25-27-29-31-33-35-37-39-41-43-46-49-52-58(61)64-55-56(54-63-57(60)51-48-45-12-9-6-3)65-59(62)53-50-47-44-42-40-38-36-34-32-30-28-26-24-22-20-18-16-14-11-8-5-2/h7,10,15,17,20-23,26-29,32-35,56H,4-6,8-9,11-14,16,18-19,24-25,30-31,36-55H2,1-3H3/b10-7-,17-15-,22-20-,23-21-,28-26-,29-27-,34-32-,35-33-. The molecular weight excluding hydrogens is 805 g/mol. The maximum absolute atomic E-state index is 12.8. The highest BCUT2D eigenvalue weighted by Crippen LogP contribution is 2.13. The van der Waals surface area contributed by atoms with Crippen molar-refractivity contribution >= 4 is 17.9 Å². The summed E-state index contributed by atoms with van der Waals surface area (Å²) in [5, 5.41) is 0. The summed E-state index contributed by atoms with van der Waals surface area (Å²) in [5.74, 6) is -0.940. The Hall–Kier alpha value is -3.67. The van der Waals surface area contributed by atoms with Crippen LogP contribution in [0.3, 0.4) is 0 Å². The highest BCUT2D eigenvalue weighted by molar-refractivity contribution is 5.71. The van der Waals surface area contributed by atoms with Gasteiger partial charge in [-0.1, -0.05) is 214 Å². The van der Waals surface area contributed by atoms with Crippen LogP contribution in [-0.2, 0) is 28.6 Å². The quantitative estimate of drug-likeness (QED) is 0.0262. The SMILES string of the molecule is CC/C=C\C/C=C\C/C=C\C/C=C\C/C=C\CCCCCCCC(=O)OCC(COC(=O)CCCCCCC)OC(=O)CCCCCCCC/C=C\C/C=C\C/C=C\CCCCCCC. The summed E-state index contributed by atoms with van der Waals surface area (Å²) in [5.41, 5.74) is 0. The van der Waals surface area contributed by atoms with Gasteiger partial charge in [-0.2, -0.15) is 0 Å². The van der Waals surface area contributed by atoms with Gasteiger partial charge in [0, 0.05) is 19.3 Å². The van der Waals surface area contributed by atoms with E-state index < -0.39 is 6.10 Å². The van der Waals surface area contributed by atoms with E-state index in [1.807, 2.05) is 0 Å². The molecule has 0 heterocycles. The second-order valence-corrected chi connectivity index (χ2v) is 17.4. The lowest BCUT2D eigenvalue weighted by Gasteiger charge is -2.18. The molecule has 370 valence electrons. The third-order valence-electron chi connectivity index (χ3n) is 11.1. The molecule has 6 heteroatoms. The van der Waals surface area contributed by atoms with Gasteiger partial charge in [0.2, 0.25) is 0 Å². The van der Waals surface area contributed by atoms with Gasteiger partial charge in [0.05, 0.1) is 0 Å². The molecule has 0 saturated carbocycles. The van der Waals surface area contributed by atoms with Crippen molar-refractivity contribution in [3.05, 3.63) is 97.2 Å². The Morgan fingerprint density at radius 2 is 0.600 bits per heavy atom. The first-order valence-electron chi connectivity index (χ1n) is 26.7. The van der Waals surface area contributed by atoms with Gasteiger partial charge >= 0.3 is 17.9 Å². The van der Waals surface area contributed by atoms with Crippen molar-refractivity contribution in [1.82, 2.24) is 0 Å². The average molecular weight is 903 g/mol. The van der Waals surface area contributed by atoms with E-state index in [1.54, 1.807) is 0 Å². The minimum Gasteiger partial charge on any atom is -0.462 e. The lowest BCUT2D eigenvalue weighted by atomic mass is 10.1. The lowest BCUT2D eigenvalue weighted by molar-refractivity contribution is -0.167. The van der Waals surface area contributed by atoms with Crippen molar-refractivity contribution in [1.29, 1.82) is 0 Å². The van der Waals surface area contributed by atoms with Crippen LogP contribution in [0.1, 0.15) is 239 Å². The summed E-state index contributed by atoms with van der Waals surface area (Å²) in [4.78, 5) is 37.7. The first kappa shape index (κ1) is 61.3. The van der Waals surface area contributed by atoms with Crippen LogP contribution in [0.5, 0.6) is 0 Å². The molecular formula is C59H98O6. The molecule has 0 aliphatic carbocycles. The van der Waals surface area contributed by atoms with Gasteiger partial charge in [-0.3, -0.25) is 14.4 Å². The Balaban J connectivity index is 4.24. The molecule has 0 aromatic heterocycles. The molecule has 0 aromatic rings. The van der Waals surface area contributed by atoms with Crippen LogP contribution in [0.25, 0.3) is 0 Å². The summed E-state index contributed by atoms with van der Waals surface area (Å²) in [7, 11) is 0. The van der Waals surface area contributed by atoms with Crippen LogP contribution >= 0.6 is 0 Å². The minimum atomic E-state index is -0.790. The molecule has 1 unspecified atom stereocenters. The molecule has 0 amide bonds. The second kappa shape index (κ2) is 52.9. The van der Waals surface area contributed by atoms with E-state index in [4.69, 9.17) is 14.2 Å². The fourth-order valence-electron chi connectivity index (χ4n) is 7.06. The smallest absolute Gasteiger partial charge is 0.306 e. The van der Waals surface area contributed by atoms with Gasteiger partial charge in [-0.15, -0.1) is 0 Å². The summed E-state index contributed by atoms with van der Waals surface area (Å²) >= 11 is 0. The number of unbranched alkanes of at least 4 members (excludes halogenated alkanes) is 20. The third-order valence-corrected chi connectivity index (χ3v) is 11.1. The summed E-state index contributed by atoms with van der Waals surface area (Å²) < 4.78 is 16.7. The van der Waals surface area contributed by atoms with Gasteiger partial charge in [0.1, 0.15) is 13.2 Å². The molecule has 0 fully saturated rings. The molecule has 1 atom stereocenters. The third kappa shape index (κ3) is 51.2. The van der Waals surface area contributed by atoms with E-state index in [9.17, 15) is 14.4 Å². The predicted octanol–water partition coefficient (Wildman–Crippen LogP) is 17.8. The number of ether oxygens (including phenoxy) is 3. The number of esters is 3. The molecule has 0 bridgehead atoms. The van der Waals surface area contributed by atoms with E-state index in [2.05, 4.69) is 118 Å². The largest absolute Gasteiger partial charge is 0.462 e. The summed E-state index contributed by atoms with van der Waals surface area (Å²) in [6.07, 6.45) is 70.0. The fourth-order valence-corrected chi connectivity index (χ4v) is 7.06. The van der Waals surface area contributed by atoms with Crippen LogP contribution in [0.4, 0.5) is 0 Å². The zero-order chi connectivity index (χ0) is 47.2. The zero-order valence-corrected chi connectivity index (χ0v) is 42.2. The maximum Gasteiger partial charge on any atom is 0.306 e. The Kier molecular flexibility index (Phi) is 50.0.